The van der Waals surface area contributed by atoms with Gasteiger partial charge in [-0.05, 0) is 24.1 Å². The monoisotopic (exact) mass is 312 g/mol. The predicted octanol–water partition coefficient (Wildman–Crippen LogP) is 1.13. The fraction of sp³-hybridized carbons (Fsp3) is 0.462. The Morgan fingerprint density at radius 1 is 1.50 bits per heavy atom. The SMILES string of the molecule is CN(Cc1ccc(Br)cc1)C(=O)[C@H]1C[C@H](O)CN1. The molecule has 98 valence electrons. The maximum absolute atomic E-state index is 12.1. The lowest BCUT2D eigenvalue weighted by molar-refractivity contribution is -0.132. The number of rotatable bonds is 3. The maximum Gasteiger partial charge on any atom is 0.239 e. The highest BCUT2D eigenvalue weighted by atomic mass is 79.9. The molecular weight excluding hydrogens is 296 g/mol. The zero-order valence-electron chi connectivity index (χ0n) is 10.3. The van der Waals surface area contributed by atoms with Crippen LogP contribution in [0, 0.1) is 0 Å². The molecule has 5 heteroatoms. The summed E-state index contributed by atoms with van der Waals surface area (Å²) in [6.45, 7) is 1.09. The van der Waals surface area contributed by atoms with Gasteiger partial charge in [0.2, 0.25) is 5.91 Å². The van der Waals surface area contributed by atoms with E-state index in [-0.39, 0.29) is 11.9 Å². The molecule has 2 atom stereocenters. The number of aliphatic hydroxyl groups is 1. The predicted molar refractivity (Wildman–Crippen MR) is 73.0 cm³/mol. The number of likely N-dealkylation sites (N-methyl/N-ethyl adjacent to an activating group) is 1. The van der Waals surface area contributed by atoms with E-state index in [1.807, 2.05) is 24.3 Å². The number of nitrogens with zero attached hydrogens (tertiary/aromatic N) is 1. The number of benzene rings is 1. The second kappa shape index (κ2) is 5.82. The first-order chi connectivity index (χ1) is 8.56. The molecule has 1 aliphatic heterocycles. The highest BCUT2D eigenvalue weighted by molar-refractivity contribution is 9.10. The second-order valence-corrected chi connectivity index (χ2v) is 5.59. The van der Waals surface area contributed by atoms with Crippen molar-refractivity contribution >= 4 is 21.8 Å². The van der Waals surface area contributed by atoms with Crippen LogP contribution in [-0.4, -0.2) is 41.7 Å². The van der Waals surface area contributed by atoms with Crippen LogP contribution < -0.4 is 5.32 Å². The standard InChI is InChI=1S/C13H17BrN2O2/c1-16(8-9-2-4-10(14)5-3-9)13(18)12-6-11(17)7-15-12/h2-5,11-12,15,17H,6-8H2,1H3/t11-,12+/m0/s1. The van der Waals surface area contributed by atoms with Crippen LogP contribution in [0.15, 0.2) is 28.7 Å². The molecule has 0 unspecified atom stereocenters. The van der Waals surface area contributed by atoms with Crippen LogP contribution >= 0.6 is 15.9 Å². The Kier molecular flexibility index (Phi) is 4.37. The highest BCUT2D eigenvalue weighted by Crippen LogP contribution is 2.14. The summed E-state index contributed by atoms with van der Waals surface area (Å²) in [6, 6.07) is 7.66. The van der Waals surface area contributed by atoms with Gasteiger partial charge in [-0.15, -0.1) is 0 Å². The summed E-state index contributed by atoms with van der Waals surface area (Å²) < 4.78 is 1.03. The van der Waals surface area contributed by atoms with Crippen molar-refractivity contribution in [2.24, 2.45) is 0 Å². The summed E-state index contributed by atoms with van der Waals surface area (Å²) in [5, 5.41) is 12.4. The third-order valence-electron chi connectivity index (χ3n) is 3.11. The van der Waals surface area contributed by atoms with Crippen molar-refractivity contribution in [1.82, 2.24) is 10.2 Å². The van der Waals surface area contributed by atoms with Crippen LogP contribution in [0.2, 0.25) is 0 Å². The topological polar surface area (TPSA) is 52.6 Å². The molecule has 0 aromatic heterocycles. The molecule has 1 heterocycles. The Hall–Kier alpha value is -0.910. The molecule has 2 rings (SSSR count). The van der Waals surface area contributed by atoms with Crippen molar-refractivity contribution in [2.75, 3.05) is 13.6 Å². The Morgan fingerprint density at radius 3 is 2.72 bits per heavy atom. The van der Waals surface area contributed by atoms with E-state index in [9.17, 15) is 9.90 Å². The van der Waals surface area contributed by atoms with E-state index in [1.54, 1.807) is 11.9 Å². The Balaban J connectivity index is 1.93. The third kappa shape index (κ3) is 3.31. The summed E-state index contributed by atoms with van der Waals surface area (Å²) in [7, 11) is 1.79. The summed E-state index contributed by atoms with van der Waals surface area (Å²) in [6.07, 6.45) is 0.101. The van der Waals surface area contributed by atoms with Crippen LogP contribution in [0.3, 0.4) is 0 Å². The minimum absolute atomic E-state index is 0.0365. The summed E-state index contributed by atoms with van der Waals surface area (Å²) in [4.78, 5) is 13.8. The van der Waals surface area contributed by atoms with Crippen molar-refractivity contribution in [2.45, 2.75) is 25.1 Å². The van der Waals surface area contributed by atoms with Crippen LogP contribution in [0.25, 0.3) is 0 Å². The van der Waals surface area contributed by atoms with Crippen molar-refractivity contribution in [3.8, 4) is 0 Å². The zero-order valence-corrected chi connectivity index (χ0v) is 11.9. The quantitative estimate of drug-likeness (QED) is 0.880. The number of carbonyl (C=O) groups excluding carboxylic acids is 1. The molecule has 0 aliphatic carbocycles. The van der Waals surface area contributed by atoms with E-state index in [4.69, 9.17) is 0 Å². The van der Waals surface area contributed by atoms with Gasteiger partial charge in [-0.2, -0.15) is 0 Å². The number of amides is 1. The van der Waals surface area contributed by atoms with E-state index < -0.39 is 6.10 Å². The number of halogens is 1. The molecule has 4 nitrogen and oxygen atoms in total. The lowest BCUT2D eigenvalue weighted by atomic mass is 10.1. The molecule has 1 aromatic rings. The number of hydrogen-bond donors (Lipinski definition) is 2. The molecule has 0 radical (unpaired) electrons. The summed E-state index contributed by atoms with van der Waals surface area (Å²) >= 11 is 3.38. The maximum atomic E-state index is 12.1. The first-order valence-corrected chi connectivity index (χ1v) is 6.76. The smallest absolute Gasteiger partial charge is 0.239 e. The largest absolute Gasteiger partial charge is 0.392 e. The number of carbonyl (C=O) groups is 1. The molecule has 1 aliphatic rings. The first-order valence-electron chi connectivity index (χ1n) is 5.97. The Morgan fingerprint density at radius 2 is 2.17 bits per heavy atom. The van der Waals surface area contributed by atoms with Crippen molar-refractivity contribution in [3.63, 3.8) is 0 Å². The molecule has 0 spiro atoms. The van der Waals surface area contributed by atoms with Crippen molar-refractivity contribution < 1.29 is 9.90 Å². The van der Waals surface area contributed by atoms with E-state index in [0.717, 1.165) is 10.0 Å². The highest BCUT2D eigenvalue weighted by Gasteiger charge is 2.29. The van der Waals surface area contributed by atoms with Gasteiger partial charge in [-0.3, -0.25) is 4.79 Å². The van der Waals surface area contributed by atoms with Gasteiger partial charge in [0.25, 0.3) is 0 Å². The van der Waals surface area contributed by atoms with E-state index in [0.29, 0.717) is 19.5 Å². The fourth-order valence-electron chi connectivity index (χ4n) is 2.11. The summed E-state index contributed by atoms with van der Waals surface area (Å²) in [5.41, 5.74) is 1.09. The van der Waals surface area contributed by atoms with Crippen LogP contribution in [0.1, 0.15) is 12.0 Å². The lowest BCUT2D eigenvalue weighted by Gasteiger charge is -2.21. The number of aliphatic hydroxyl groups excluding tert-OH is 1. The van der Waals surface area contributed by atoms with Crippen molar-refractivity contribution in [3.05, 3.63) is 34.3 Å². The van der Waals surface area contributed by atoms with Crippen molar-refractivity contribution in [1.29, 1.82) is 0 Å². The van der Waals surface area contributed by atoms with Gasteiger partial charge >= 0.3 is 0 Å². The molecular formula is C13H17BrN2O2. The molecule has 18 heavy (non-hydrogen) atoms. The van der Waals surface area contributed by atoms with Gasteiger partial charge in [0.1, 0.15) is 0 Å². The number of hydrogen-bond acceptors (Lipinski definition) is 3. The molecule has 2 N–H and O–H groups in total. The van der Waals surface area contributed by atoms with Crippen LogP contribution in [0.4, 0.5) is 0 Å². The molecule has 0 bridgehead atoms. The number of nitrogens with one attached hydrogen (secondary N) is 1. The lowest BCUT2D eigenvalue weighted by Crippen LogP contribution is -2.41. The third-order valence-corrected chi connectivity index (χ3v) is 3.64. The fourth-order valence-corrected chi connectivity index (χ4v) is 2.38. The molecule has 1 saturated heterocycles. The molecule has 1 amide bonds. The first kappa shape index (κ1) is 13.5. The average Bonchev–Trinajstić information content (AvgIpc) is 2.78. The van der Waals surface area contributed by atoms with Crippen LogP contribution in [0.5, 0.6) is 0 Å². The zero-order chi connectivity index (χ0) is 13.1. The van der Waals surface area contributed by atoms with E-state index in [1.165, 1.54) is 0 Å². The normalized spacial score (nSPS) is 23.1. The number of β-amino-alcohol motifs (C(OH)–C–C–N with tert-alkyl or cyclic N) is 1. The van der Waals surface area contributed by atoms with E-state index in [2.05, 4.69) is 21.2 Å². The molecule has 1 aromatic carbocycles. The second-order valence-electron chi connectivity index (χ2n) is 4.67. The summed E-state index contributed by atoms with van der Waals surface area (Å²) in [5.74, 6) is 0.0365. The van der Waals surface area contributed by atoms with Gasteiger partial charge in [-0.25, -0.2) is 0 Å². The average molecular weight is 313 g/mol. The minimum Gasteiger partial charge on any atom is -0.392 e. The molecule has 0 saturated carbocycles. The van der Waals surface area contributed by atoms with Gasteiger partial charge in [-0.1, -0.05) is 28.1 Å². The Labute approximate surface area is 115 Å². The van der Waals surface area contributed by atoms with Gasteiger partial charge in [0.05, 0.1) is 12.1 Å². The van der Waals surface area contributed by atoms with Gasteiger partial charge in [0, 0.05) is 24.6 Å². The minimum atomic E-state index is -0.403. The van der Waals surface area contributed by atoms with Crippen LogP contribution in [-0.2, 0) is 11.3 Å². The van der Waals surface area contributed by atoms with Gasteiger partial charge < -0.3 is 15.3 Å². The van der Waals surface area contributed by atoms with Gasteiger partial charge in [0.15, 0.2) is 0 Å². The molecule has 1 fully saturated rings. The Bertz CT molecular complexity index is 422. The van der Waals surface area contributed by atoms with E-state index >= 15 is 0 Å².